The standard InChI is InChI=1S/C20H32O5/c1-2-9-15(21)10-7-8-12-17-16(18(22)14-19(17)23)11-5-3-4-6-13-20(24)25/h3,5,8,12,15-17,19,21,23H,2,4,6-7,9-11,13-14H2,1H3,(H,24,25)/t15-,16?,17-,19-/m1/s1. The highest BCUT2D eigenvalue weighted by Crippen LogP contribution is 2.33. The largest absolute Gasteiger partial charge is 0.481 e. The summed E-state index contributed by atoms with van der Waals surface area (Å²) >= 11 is 0. The average molecular weight is 352 g/mol. The fraction of sp³-hybridized carbons (Fsp3) is 0.700. The molecule has 1 saturated carbocycles. The van der Waals surface area contributed by atoms with E-state index < -0.39 is 12.1 Å². The van der Waals surface area contributed by atoms with Gasteiger partial charge < -0.3 is 15.3 Å². The van der Waals surface area contributed by atoms with Crippen LogP contribution in [0.1, 0.15) is 64.7 Å². The Bertz CT molecular complexity index is 469. The van der Waals surface area contributed by atoms with Crippen molar-refractivity contribution in [1.29, 1.82) is 0 Å². The topological polar surface area (TPSA) is 94.8 Å². The summed E-state index contributed by atoms with van der Waals surface area (Å²) in [6.45, 7) is 2.04. The van der Waals surface area contributed by atoms with Gasteiger partial charge in [-0.1, -0.05) is 37.6 Å². The molecule has 1 aliphatic rings. The molecule has 1 fully saturated rings. The molecule has 0 bridgehead atoms. The van der Waals surface area contributed by atoms with E-state index in [0.29, 0.717) is 25.7 Å². The number of Topliss-reactive ketones (excluding diaryl/α,β-unsaturated/α-hetero) is 1. The minimum atomic E-state index is -0.795. The number of aliphatic hydroxyl groups is 2. The molecule has 0 spiro atoms. The molecular weight excluding hydrogens is 320 g/mol. The SMILES string of the molecule is CCC[C@@H](O)CCC=C[C@@H]1C(CC=CCCCC(=O)O)C(=O)C[C@H]1O. The molecule has 142 valence electrons. The monoisotopic (exact) mass is 352 g/mol. The molecule has 0 aromatic rings. The zero-order valence-corrected chi connectivity index (χ0v) is 15.1. The molecule has 1 unspecified atom stereocenters. The van der Waals surface area contributed by atoms with Crippen molar-refractivity contribution in [3.05, 3.63) is 24.3 Å². The van der Waals surface area contributed by atoms with E-state index >= 15 is 0 Å². The minimum absolute atomic E-state index is 0.0864. The third-order valence-electron chi connectivity index (χ3n) is 4.70. The summed E-state index contributed by atoms with van der Waals surface area (Å²) in [5.74, 6) is -1.08. The highest BCUT2D eigenvalue weighted by Gasteiger charge is 2.38. The van der Waals surface area contributed by atoms with E-state index in [-0.39, 0.29) is 36.6 Å². The van der Waals surface area contributed by atoms with Gasteiger partial charge in [-0.15, -0.1) is 0 Å². The predicted octanol–water partition coefficient (Wildman–Crippen LogP) is 3.25. The summed E-state index contributed by atoms with van der Waals surface area (Å²) in [5, 5.41) is 28.4. The zero-order valence-electron chi connectivity index (χ0n) is 15.1. The van der Waals surface area contributed by atoms with Crippen LogP contribution < -0.4 is 0 Å². The first kappa shape index (κ1) is 21.6. The van der Waals surface area contributed by atoms with Crippen molar-refractivity contribution in [2.24, 2.45) is 11.8 Å². The molecule has 1 rings (SSSR count). The minimum Gasteiger partial charge on any atom is -0.481 e. The van der Waals surface area contributed by atoms with Crippen LogP contribution in [0.2, 0.25) is 0 Å². The Labute approximate surface area is 150 Å². The molecule has 3 N–H and O–H groups in total. The summed E-state index contributed by atoms with van der Waals surface area (Å²) in [6.07, 6.45) is 12.2. The van der Waals surface area contributed by atoms with Crippen LogP contribution in [0, 0.1) is 11.8 Å². The van der Waals surface area contributed by atoms with Gasteiger partial charge in [0.15, 0.2) is 0 Å². The summed E-state index contributed by atoms with van der Waals surface area (Å²) in [5.41, 5.74) is 0. The number of unbranched alkanes of at least 4 members (excludes halogenated alkanes) is 1. The molecule has 0 saturated heterocycles. The Morgan fingerprint density at radius 3 is 2.68 bits per heavy atom. The van der Waals surface area contributed by atoms with Crippen LogP contribution >= 0.6 is 0 Å². The van der Waals surface area contributed by atoms with Gasteiger partial charge in [-0.3, -0.25) is 9.59 Å². The van der Waals surface area contributed by atoms with Gasteiger partial charge in [0.25, 0.3) is 0 Å². The van der Waals surface area contributed by atoms with Gasteiger partial charge in [0, 0.05) is 24.7 Å². The number of carbonyl (C=O) groups is 2. The van der Waals surface area contributed by atoms with Crippen molar-refractivity contribution in [2.45, 2.75) is 76.9 Å². The van der Waals surface area contributed by atoms with Gasteiger partial charge in [-0.25, -0.2) is 0 Å². The van der Waals surface area contributed by atoms with E-state index in [2.05, 4.69) is 0 Å². The number of aliphatic hydroxyl groups excluding tert-OH is 2. The first-order valence-corrected chi connectivity index (χ1v) is 9.38. The van der Waals surface area contributed by atoms with Crippen LogP contribution in [0.15, 0.2) is 24.3 Å². The van der Waals surface area contributed by atoms with Gasteiger partial charge in [0.1, 0.15) is 5.78 Å². The van der Waals surface area contributed by atoms with E-state index in [1.807, 2.05) is 31.2 Å². The molecule has 5 heteroatoms. The number of allylic oxidation sites excluding steroid dienone is 3. The number of aliphatic carboxylic acids is 1. The number of ketones is 1. The van der Waals surface area contributed by atoms with E-state index in [0.717, 1.165) is 19.3 Å². The number of carboxylic acid groups (broad SMARTS) is 1. The number of hydrogen-bond acceptors (Lipinski definition) is 4. The van der Waals surface area contributed by atoms with Crippen molar-refractivity contribution >= 4 is 11.8 Å². The lowest BCUT2D eigenvalue weighted by Crippen LogP contribution is -2.18. The zero-order chi connectivity index (χ0) is 18.7. The van der Waals surface area contributed by atoms with Crippen molar-refractivity contribution in [3.63, 3.8) is 0 Å². The first-order chi connectivity index (χ1) is 12.0. The fourth-order valence-corrected chi connectivity index (χ4v) is 3.28. The highest BCUT2D eigenvalue weighted by atomic mass is 16.4. The second kappa shape index (κ2) is 12.0. The average Bonchev–Trinajstić information content (AvgIpc) is 2.81. The summed E-state index contributed by atoms with van der Waals surface area (Å²) in [6, 6.07) is 0. The van der Waals surface area contributed by atoms with Gasteiger partial charge >= 0.3 is 5.97 Å². The Balaban J connectivity index is 2.43. The Morgan fingerprint density at radius 2 is 2.00 bits per heavy atom. The third-order valence-corrected chi connectivity index (χ3v) is 4.70. The van der Waals surface area contributed by atoms with Crippen molar-refractivity contribution in [3.8, 4) is 0 Å². The Kier molecular flexibility index (Phi) is 10.3. The maximum atomic E-state index is 12.1. The fourth-order valence-electron chi connectivity index (χ4n) is 3.28. The lowest BCUT2D eigenvalue weighted by atomic mass is 9.90. The summed E-state index contributed by atoms with van der Waals surface area (Å²) < 4.78 is 0. The molecule has 25 heavy (non-hydrogen) atoms. The highest BCUT2D eigenvalue weighted by molar-refractivity contribution is 5.84. The number of hydrogen-bond donors (Lipinski definition) is 3. The van der Waals surface area contributed by atoms with Crippen molar-refractivity contribution in [2.75, 3.05) is 0 Å². The normalized spacial score (nSPS) is 25.2. The van der Waals surface area contributed by atoms with Crippen molar-refractivity contribution in [1.82, 2.24) is 0 Å². The van der Waals surface area contributed by atoms with Crippen LogP contribution in [-0.4, -0.2) is 39.3 Å². The molecule has 0 amide bonds. The Hall–Kier alpha value is -1.46. The molecule has 0 aliphatic heterocycles. The first-order valence-electron chi connectivity index (χ1n) is 9.38. The van der Waals surface area contributed by atoms with Gasteiger partial charge in [0.05, 0.1) is 12.2 Å². The van der Waals surface area contributed by atoms with E-state index in [9.17, 15) is 19.8 Å². The second-order valence-corrected chi connectivity index (χ2v) is 6.86. The third kappa shape index (κ3) is 8.45. The molecule has 4 atom stereocenters. The number of rotatable bonds is 12. The van der Waals surface area contributed by atoms with Gasteiger partial charge in [0.2, 0.25) is 0 Å². The molecule has 0 heterocycles. The predicted molar refractivity (Wildman–Crippen MR) is 97.1 cm³/mol. The molecule has 0 radical (unpaired) electrons. The van der Waals surface area contributed by atoms with E-state index in [1.165, 1.54) is 0 Å². The molecule has 0 aromatic carbocycles. The summed E-state index contributed by atoms with van der Waals surface area (Å²) in [4.78, 5) is 22.5. The molecule has 5 nitrogen and oxygen atoms in total. The maximum absolute atomic E-state index is 12.1. The second-order valence-electron chi connectivity index (χ2n) is 6.86. The van der Waals surface area contributed by atoms with Gasteiger partial charge in [-0.2, -0.15) is 0 Å². The van der Waals surface area contributed by atoms with Crippen LogP contribution in [0.3, 0.4) is 0 Å². The van der Waals surface area contributed by atoms with E-state index in [1.54, 1.807) is 0 Å². The molecule has 1 aliphatic carbocycles. The smallest absolute Gasteiger partial charge is 0.303 e. The van der Waals surface area contributed by atoms with Crippen LogP contribution in [0.25, 0.3) is 0 Å². The molecular formula is C20H32O5. The summed E-state index contributed by atoms with van der Waals surface area (Å²) in [7, 11) is 0. The van der Waals surface area contributed by atoms with Crippen LogP contribution in [-0.2, 0) is 9.59 Å². The lowest BCUT2D eigenvalue weighted by molar-refractivity contribution is -0.137. The molecule has 0 aromatic heterocycles. The van der Waals surface area contributed by atoms with Crippen molar-refractivity contribution < 1.29 is 24.9 Å². The van der Waals surface area contributed by atoms with Crippen LogP contribution in [0.4, 0.5) is 0 Å². The maximum Gasteiger partial charge on any atom is 0.303 e. The number of carboxylic acids is 1. The lowest BCUT2D eigenvalue weighted by Gasteiger charge is -2.16. The van der Waals surface area contributed by atoms with Gasteiger partial charge in [-0.05, 0) is 38.5 Å². The quantitative estimate of drug-likeness (QED) is 0.370. The number of carbonyl (C=O) groups excluding carboxylic acids is 1. The van der Waals surface area contributed by atoms with Crippen LogP contribution in [0.5, 0.6) is 0 Å². The Morgan fingerprint density at radius 1 is 1.24 bits per heavy atom. The van der Waals surface area contributed by atoms with E-state index in [4.69, 9.17) is 5.11 Å².